The molecule has 1 aliphatic rings. The largest absolute Gasteiger partial charge is 0.496 e. The molecule has 0 spiro atoms. The summed E-state index contributed by atoms with van der Waals surface area (Å²) in [7, 11) is 1.49. The first-order chi connectivity index (χ1) is 11.6. The lowest BCUT2D eigenvalue weighted by molar-refractivity contribution is -0.156. The summed E-state index contributed by atoms with van der Waals surface area (Å²) in [6.07, 6.45) is 1.52. The first-order valence-electron chi connectivity index (χ1n) is 7.41. The van der Waals surface area contributed by atoms with Crippen molar-refractivity contribution in [2.45, 2.75) is 26.4 Å². The predicted molar refractivity (Wildman–Crippen MR) is 96.5 cm³/mol. The molecule has 1 fully saturated rings. The van der Waals surface area contributed by atoms with Crippen LogP contribution < -0.4 is 4.74 Å². The van der Waals surface area contributed by atoms with Crippen molar-refractivity contribution in [1.82, 2.24) is 4.90 Å². The van der Waals surface area contributed by atoms with Gasteiger partial charge in [-0.2, -0.15) is 0 Å². The maximum absolute atomic E-state index is 12.4. The summed E-state index contributed by atoms with van der Waals surface area (Å²) in [6.45, 7) is 4.71. The number of imide groups is 1. The van der Waals surface area contributed by atoms with Gasteiger partial charge in [0.2, 0.25) is 0 Å². The number of hydrogen-bond acceptors (Lipinski definition) is 6. The summed E-state index contributed by atoms with van der Waals surface area (Å²) in [5.74, 6) is -0.678. The van der Waals surface area contributed by atoms with Gasteiger partial charge in [-0.1, -0.05) is 11.6 Å². The Bertz CT molecular complexity index is 754. The number of esters is 1. The van der Waals surface area contributed by atoms with Gasteiger partial charge in [0.25, 0.3) is 11.1 Å². The van der Waals surface area contributed by atoms with Crippen molar-refractivity contribution in [2.24, 2.45) is 0 Å². The molecule has 0 N–H and O–H groups in total. The molecule has 0 unspecified atom stereocenters. The van der Waals surface area contributed by atoms with E-state index in [0.29, 0.717) is 16.3 Å². The Balaban J connectivity index is 2.21. The minimum atomic E-state index is -0.692. The number of benzene rings is 1. The van der Waals surface area contributed by atoms with E-state index in [2.05, 4.69) is 0 Å². The number of halogens is 1. The number of thioether (sulfide) groups is 1. The van der Waals surface area contributed by atoms with Crippen molar-refractivity contribution in [3.63, 3.8) is 0 Å². The van der Waals surface area contributed by atoms with Gasteiger partial charge < -0.3 is 9.47 Å². The normalized spacial score (nSPS) is 16.5. The van der Waals surface area contributed by atoms with Gasteiger partial charge in [0.1, 0.15) is 17.9 Å². The van der Waals surface area contributed by atoms with Gasteiger partial charge in [-0.3, -0.25) is 19.3 Å². The highest BCUT2D eigenvalue weighted by Gasteiger charge is 2.37. The van der Waals surface area contributed by atoms with E-state index in [0.717, 1.165) is 16.7 Å². The van der Waals surface area contributed by atoms with Gasteiger partial charge in [0.05, 0.1) is 12.0 Å². The number of hydrogen-bond donors (Lipinski definition) is 0. The van der Waals surface area contributed by atoms with E-state index < -0.39 is 29.3 Å². The molecule has 1 saturated heterocycles. The third kappa shape index (κ3) is 4.99. The quantitative estimate of drug-likeness (QED) is 0.582. The summed E-state index contributed by atoms with van der Waals surface area (Å²) < 4.78 is 10.4. The molecule has 0 aromatic heterocycles. The van der Waals surface area contributed by atoms with Crippen molar-refractivity contribution < 1.29 is 23.9 Å². The molecule has 1 heterocycles. The van der Waals surface area contributed by atoms with Crippen molar-refractivity contribution in [2.75, 3.05) is 13.7 Å². The molecule has 1 aromatic carbocycles. The fraction of sp³-hybridized carbons (Fsp3) is 0.353. The summed E-state index contributed by atoms with van der Waals surface area (Å²) in [5, 5.41) is -0.0527. The zero-order chi connectivity index (χ0) is 18.8. The number of rotatable bonds is 4. The average molecular weight is 384 g/mol. The smallest absolute Gasteiger partial charge is 0.326 e. The fourth-order valence-electron chi connectivity index (χ4n) is 2.10. The van der Waals surface area contributed by atoms with Gasteiger partial charge in [0.15, 0.2) is 0 Å². The second-order valence-corrected chi connectivity index (χ2v) is 7.67. The minimum absolute atomic E-state index is 0.189. The van der Waals surface area contributed by atoms with E-state index in [1.807, 2.05) is 0 Å². The summed E-state index contributed by atoms with van der Waals surface area (Å²) in [6, 6.07) is 4.95. The third-order valence-electron chi connectivity index (χ3n) is 3.06. The molecule has 8 heteroatoms. The number of ether oxygens (including phenoxy) is 2. The molecule has 1 aromatic rings. The number of carbonyl (C=O) groups excluding carboxylic acids is 3. The topological polar surface area (TPSA) is 72.9 Å². The van der Waals surface area contributed by atoms with Gasteiger partial charge in [0, 0.05) is 10.6 Å². The van der Waals surface area contributed by atoms with Crippen LogP contribution in [-0.4, -0.2) is 41.3 Å². The lowest BCUT2D eigenvalue weighted by Gasteiger charge is -2.21. The van der Waals surface area contributed by atoms with E-state index in [4.69, 9.17) is 21.1 Å². The first kappa shape index (κ1) is 19.3. The molecule has 6 nitrogen and oxygen atoms in total. The Morgan fingerprint density at radius 2 is 2.00 bits per heavy atom. The van der Waals surface area contributed by atoms with Gasteiger partial charge in [-0.25, -0.2) is 0 Å². The molecular weight excluding hydrogens is 366 g/mol. The number of carbonyl (C=O) groups is 3. The van der Waals surface area contributed by atoms with Crippen LogP contribution >= 0.6 is 23.4 Å². The Morgan fingerprint density at radius 1 is 1.32 bits per heavy atom. The van der Waals surface area contributed by atoms with Crippen molar-refractivity contribution >= 4 is 46.6 Å². The van der Waals surface area contributed by atoms with Crippen LogP contribution in [0.2, 0.25) is 5.02 Å². The van der Waals surface area contributed by atoms with Gasteiger partial charge in [-0.05, 0) is 56.8 Å². The SMILES string of the molecule is COc1ccc(Cl)cc1/C=C1\SC(=O)N(CC(=O)OC(C)(C)C)C1=O. The maximum atomic E-state index is 12.4. The van der Waals surface area contributed by atoms with Crippen molar-refractivity contribution in [1.29, 1.82) is 0 Å². The van der Waals surface area contributed by atoms with Crippen LogP contribution in [0.5, 0.6) is 5.75 Å². The molecular formula is C17H18ClNO5S. The standard InChI is InChI=1S/C17H18ClNO5S/c1-17(2,3)24-14(20)9-19-15(21)13(25-16(19)22)8-10-7-11(18)5-6-12(10)23-4/h5-8H,9H2,1-4H3/b13-8-. The number of amides is 2. The monoisotopic (exact) mass is 383 g/mol. The lowest BCUT2D eigenvalue weighted by atomic mass is 10.2. The predicted octanol–water partition coefficient (Wildman–Crippen LogP) is 3.73. The first-order valence-corrected chi connectivity index (χ1v) is 8.61. The highest BCUT2D eigenvalue weighted by Crippen LogP contribution is 2.34. The second-order valence-electron chi connectivity index (χ2n) is 6.24. The van der Waals surface area contributed by atoms with E-state index in [9.17, 15) is 14.4 Å². The third-order valence-corrected chi connectivity index (χ3v) is 4.20. The second kappa shape index (κ2) is 7.49. The molecule has 134 valence electrons. The number of methoxy groups -OCH3 is 1. The average Bonchev–Trinajstić information content (AvgIpc) is 2.73. The Hall–Kier alpha value is -1.99. The highest BCUT2D eigenvalue weighted by molar-refractivity contribution is 8.18. The van der Waals surface area contributed by atoms with Crippen LogP contribution in [0.15, 0.2) is 23.1 Å². The molecule has 2 amide bonds. The summed E-state index contributed by atoms with van der Waals surface area (Å²) in [4.78, 5) is 37.4. The van der Waals surface area contributed by atoms with Crippen LogP contribution in [-0.2, 0) is 14.3 Å². The van der Waals surface area contributed by atoms with Crippen molar-refractivity contribution in [3.05, 3.63) is 33.7 Å². The molecule has 0 atom stereocenters. The van der Waals surface area contributed by atoms with Crippen LogP contribution in [0.4, 0.5) is 4.79 Å². The Labute approximate surface area is 155 Å². The summed E-state index contributed by atoms with van der Waals surface area (Å²) >= 11 is 6.72. The van der Waals surface area contributed by atoms with Crippen LogP contribution in [0.1, 0.15) is 26.3 Å². The highest BCUT2D eigenvalue weighted by atomic mass is 35.5. The Kier molecular flexibility index (Phi) is 5.80. The van der Waals surface area contributed by atoms with Crippen LogP contribution in [0, 0.1) is 0 Å². The summed E-state index contributed by atoms with van der Waals surface area (Å²) in [5.41, 5.74) is -0.124. The number of nitrogens with zero attached hydrogens (tertiary/aromatic N) is 1. The van der Waals surface area contributed by atoms with Crippen LogP contribution in [0.25, 0.3) is 6.08 Å². The molecule has 2 rings (SSSR count). The maximum Gasteiger partial charge on any atom is 0.326 e. The zero-order valence-corrected chi connectivity index (χ0v) is 15.9. The van der Waals surface area contributed by atoms with Crippen LogP contribution in [0.3, 0.4) is 0 Å². The van der Waals surface area contributed by atoms with E-state index in [-0.39, 0.29) is 4.91 Å². The zero-order valence-electron chi connectivity index (χ0n) is 14.3. The fourth-order valence-corrected chi connectivity index (χ4v) is 3.11. The molecule has 0 bridgehead atoms. The molecule has 1 aliphatic heterocycles. The van der Waals surface area contributed by atoms with E-state index in [1.54, 1.807) is 39.0 Å². The Morgan fingerprint density at radius 3 is 2.60 bits per heavy atom. The molecule has 0 radical (unpaired) electrons. The molecule has 0 saturated carbocycles. The van der Waals surface area contributed by atoms with Gasteiger partial charge in [-0.15, -0.1) is 0 Å². The molecule has 0 aliphatic carbocycles. The van der Waals surface area contributed by atoms with E-state index in [1.165, 1.54) is 13.2 Å². The van der Waals surface area contributed by atoms with Crippen molar-refractivity contribution in [3.8, 4) is 5.75 Å². The minimum Gasteiger partial charge on any atom is -0.496 e. The lowest BCUT2D eigenvalue weighted by Crippen LogP contribution is -2.37. The van der Waals surface area contributed by atoms with E-state index >= 15 is 0 Å². The van der Waals surface area contributed by atoms with Gasteiger partial charge >= 0.3 is 5.97 Å². The molecule has 25 heavy (non-hydrogen) atoms.